The van der Waals surface area contributed by atoms with Crippen molar-refractivity contribution in [1.82, 2.24) is 9.80 Å². The minimum Gasteiger partial charge on any atom is -0.324 e. The lowest BCUT2D eigenvalue weighted by molar-refractivity contribution is -0.123. The van der Waals surface area contributed by atoms with E-state index in [0.29, 0.717) is 25.2 Å². The smallest absolute Gasteiger partial charge is 0.321 e. The lowest BCUT2D eigenvalue weighted by atomic mass is 9.62. The van der Waals surface area contributed by atoms with Crippen molar-refractivity contribution in [2.75, 3.05) is 25.0 Å². The topological polar surface area (TPSA) is 35.6 Å². The van der Waals surface area contributed by atoms with Crippen LogP contribution in [0.4, 0.5) is 19.3 Å². The fourth-order valence-corrected chi connectivity index (χ4v) is 4.86. The van der Waals surface area contributed by atoms with E-state index in [4.69, 9.17) is 0 Å². The van der Waals surface area contributed by atoms with E-state index >= 15 is 0 Å². The van der Waals surface area contributed by atoms with Crippen LogP contribution in [0.15, 0.2) is 48.5 Å². The highest BCUT2D eigenvalue weighted by atomic mass is 19.1. The predicted octanol–water partition coefficient (Wildman–Crippen LogP) is 5.04. The Morgan fingerprint density at radius 2 is 1.69 bits per heavy atom. The molecule has 1 spiro atoms. The lowest BCUT2D eigenvalue weighted by Gasteiger charge is -2.62. The van der Waals surface area contributed by atoms with Crippen LogP contribution in [0, 0.1) is 17.0 Å². The van der Waals surface area contributed by atoms with Crippen molar-refractivity contribution in [3.8, 4) is 0 Å². The number of nitrogens with zero attached hydrogens (tertiary/aromatic N) is 2. The number of hydrogen-bond donors (Lipinski definition) is 1. The van der Waals surface area contributed by atoms with Crippen molar-refractivity contribution >= 4 is 11.7 Å². The highest BCUT2D eigenvalue weighted by Crippen LogP contribution is 2.55. The van der Waals surface area contributed by atoms with Gasteiger partial charge in [-0.3, -0.25) is 4.90 Å². The Kier molecular flexibility index (Phi) is 5.30. The van der Waals surface area contributed by atoms with Gasteiger partial charge in [0.2, 0.25) is 0 Å². The standard InChI is InChI=1S/C23H27F2N3O/c1-16(2)28-15-23(21(28)17-6-4-3-5-7-17)8-10-27(11-9-23)22(29)26-20-13-18(24)12-19(25)14-20/h3-7,12-14,16,21H,8-11,15H2,1-2H3,(H,26,29). The quantitative estimate of drug-likeness (QED) is 0.784. The molecule has 2 aromatic rings. The van der Waals surface area contributed by atoms with Crippen molar-refractivity contribution in [2.24, 2.45) is 5.41 Å². The number of benzene rings is 2. The van der Waals surface area contributed by atoms with Gasteiger partial charge in [-0.1, -0.05) is 30.3 Å². The molecule has 0 radical (unpaired) electrons. The highest BCUT2D eigenvalue weighted by molar-refractivity contribution is 5.89. The van der Waals surface area contributed by atoms with E-state index in [2.05, 4.69) is 48.3 Å². The summed E-state index contributed by atoms with van der Waals surface area (Å²) in [4.78, 5) is 16.9. The molecule has 4 rings (SSSR count). The number of piperidine rings is 1. The molecule has 0 aliphatic carbocycles. The summed E-state index contributed by atoms with van der Waals surface area (Å²) in [5.41, 5.74) is 1.65. The zero-order valence-electron chi connectivity index (χ0n) is 16.9. The summed E-state index contributed by atoms with van der Waals surface area (Å²) in [6.07, 6.45) is 1.83. The van der Waals surface area contributed by atoms with Gasteiger partial charge in [-0.2, -0.15) is 0 Å². The molecule has 2 aliphatic rings. The van der Waals surface area contributed by atoms with Gasteiger partial charge >= 0.3 is 6.03 Å². The second-order valence-electron chi connectivity index (χ2n) is 8.52. The number of rotatable bonds is 3. The van der Waals surface area contributed by atoms with E-state index in [1.165, 1.54) is 5.56 Å². The summed E-state index contributed by atoms with van der Waals surface area (Å²) in [5.74, 6) is -1.40. The number of urea groups is 1. The Morgan fingerprint density at radius 1 is 1.07 bits per heavy atom. The first kappa shape index (κ1) is 19.8. The van der Waals surface area contributed by atoms with Crippen LogP contribution in [0.1, 0.15) is 38.3 Å². The summed E-state index contributed by atoms with van der Waals surface area (Å²) in [7, 11) is 0. The van der Waals surface area contributed by atoms with E-state index in [-0.39, 0.29) is 17.1 Å². The van der Waals surface area contributed by atoms with Crippen molar-refractivity contribution in [1.29, 1.82) is 0 Å². The van der Waals surface area contributed by atoms with Gasteiger partial charge in [0.05, 0.1) is 0 Å². The third kappa shape index (κ3) is 3.86. The second kappa shape index (κ2) is 7.75. The van der Waals surface area contributed by atoms with E-state index in [1.54, 1.807) is 4.90 Å². The maximum atomic E-state index is 13.4. The van der Waals surface area contributed by atoms with Crippen molar-refractivity contribution < 1.29 is 13.6 Å². The lowest BCUT2D eigenvalue weighted by Crippen LogP contribution is -2.64. The summed E-state index contributed by atoms with van der Waals surface area (Å²) < 4.78 is 26.7. The molecule has 2 saturated heterocycles. The fraction of sp³-hybridized carbons (Fsp3) is 0.435. The average molecular weight is 399 g/mol. The van der Waals surface area contributed by atoms with Crippen LogP contribution in [-0.4, -0.2) is 41.5 Å². The minimum absolute atomic E-state index is 0.143. The number of nitrogens with one attached hydrogen (secondary N) is 1. The van der Waals surface area contributed by atoms with Crippen molar-refractivity contribution in [3.63, 3.8) is 0 Å². The Hall–Kier alpha value is -2.47. The molecule has 0 saturated carbocycles. The number of halogens is 2. The Morgan fingerprint density at radius 3 is 2.28 bits per heavy atom. The number of carbonyl (C=O) groups is 1. The molecule has 2 aliphatic heterocycles. The summed E-state index contributed by atoms with van der Waals surface area (Å²) in [6.45, 7) is 6.76. The third-order valence-electron chi connectivity index (χ3n) is 6.35. The van der Waals surface area contributed by atoms with Crippen LogP contribution in [0.25, 0.3) is 0 Å². The molecule has 1 atom stereocenters. The first-order valence-electron chi connectivity index (χ1n) is 10.2. The predicted molar refractivity (Wildman–Crippen MR) is 110 cm³/mol. The Balaban J connectivity index is 1.43. The van der Waals surface area contributed by atoms with Crippen LogP contribution in [0.2, 0.25) is 0 Å². The van der Waals surface area contributed by atoms with E-state index in [1.807, 2.05) is 6.07 Å². The minimum atomic E-state index is -0.702. The van der Waals surface area contributed by atoms with Gasteiger partial charge in [0, 0.05) is 48.9 Å². The normalized spacial score (nSPS) is 21.3. The van der Waals surface area contributed by atoms with Gasteiger partial charge in [0.15, 0.2) is 0 Å². The summed E-state index contributed by atoms with van der Waals surface area (Å²) in [6, 6.07) is 14.2. The molecule has 0 aromatic heterocycles. The molecule has 154 valence electrons. The highest BCUT2D eigenvalue weighted by Gasteiger charge is 2.54. The Labute approximate surface area is 170 Å². The maximum absolute atomic E-state index is 13.4. The number of hydrogen-bond acceptors (Lipinski definition) is 2. The van der Waals surface area contributed by atoms with Crippen LogP contribution in [0.5, 0.6) is 0 Å². The summed E-state index contributed by atoms with van der Waals surface area (Å²) >= 11 is 0. The van der Waals surface area contributed by atoms with Crippen molar-refractivity contribution in [2.45, 2.75) is 38.8 Å². The van der Waals surface area contributed by atoms with E-state index in [9.17, 15) is 13.6 Å². The molecular formula is C23H27F2N3O. The molecule has 6 heteroatoms. The first-order chi connectivity index (χ1) is 13.9. The van der Waals surface area contributed by atoms with Crippen molar-refractivity contribution in [3.05, 3.63) is 65.7 Å². The molecule has 2 amide bonds. The number of carbonyl (C=O) groups excluding carboxylic acids is 1. The fourth-order valence-electron chi connectivity index (χ4n) is 4.86. The van der Waals surface area contributed by atoms with Gasteiger partial charge in [-0.05, 0) is 44.4 Å². The first-order valence-corrected chi connectivity index (χ1v) is 10.2. The van der Waals surface area contributed by atoms with Crippen LogP contribution >= 0.6 is 0 Å². The van der Waals surface area contributed by atoms with Gasteiger partial charge in [0.1, 0.15) is 11.6 Å². The summed E-state index contributed by atoms with van der Waals surface area (Å²) in [5, 5.41) is 2.62. The molecule has 1 unspecified atom stereocenters. The van der Waals surface area contributed by atoms with Gasteiger partial charge in [-0.15, -0.1) is 0 Å². The van der Waals surface area contributed by atoms with Gasteiger partial charge in [-0.25, -0.2) is 13.6 Å². The average Bonchev–Trinajstić information content (AvgIpc) is 2.66. The monoisotopic (exact) mass is 399 g/mol. The molecule has 29 heavy (non-hydrogen) atoms. The molecule has 4 nitrogen and oxygen atoms in total. The van der Waals surface area contributed by atoms with Crippen LogP contribution in [0.3, 0.4) is 0 Å². The van der Waals surface area contributed by atoms with Crippen LogP contribution in [-0.2, 0) is 0 Å². The number of likely N-dealkylation sites (tertiary alicyclic amines) is 2. The molecule has 1 N–H and O–H groups in total. The molecule has 2 heterocycles. The largest absolute Gasteiger partial charge is 0.324 e. The van der Waals surface area contributed by atoms with Crippen LogP contribution < -0.4 is 5.32 Å². The number of amides is 2. The van der Waals surface area contributed by atoms with E-state index in [0.717, 1.165) is 37.6 Å². The molecular weight excluding hydrogens is 372 g/mol. The maximum Gasteiger partial charge on any atom is 0.321 e. The second-order valence-corrected chi connectivity index (χ2v) is 8.52. The Bertz CT molecular complexity index is 859. The zero-order chi connectivity index (χ0) is 20.6. The van der Waals surface area contributed by atoms with Gasteiger partial charge in [0.25, 0.3) is 0 Å². The SMILES string of the molecule is CC(C)N1CC2(CCN(C(=O)Nc3cc(F)cc(F)c3)CC2)C1c1ccccc1. The molecule has 2 aromatic carbocycles. The molecule has 2 fully saturated rings. The number of anilines is 1. The van der Waals surface area contributed by atoms with Gasteiger partial charge < -0.3 is 10.2 Å². The van der Waals surface area contributed by atoms with E-state index < -0.39 is 11.6 Å². The zero-order valence-corrected chi connectivity index (χ0v) is 16.9. The molecule has 0 bridgehead atoms. The third-order valence-corrected chi connectivity index (χ3v) is 6.35.